The van der Waals surface area contributed by atoms with E-state index in [0.717, 1.165) is 25.3 Å². The predicted molar refractivity (Wildman–Crippen MR) is 49.5 cm³/mol. The molecule has 14 heavy (non-hydrogen) atoms. The van der Waals surface area contributed by atoms with Gasteiger partial charge in [-0.1, -0.05) is 19.8 Å². The van der Waals surface area contributed by atoms with E-state index in [2.05, 4.69) is 0 Å². The van der Waals surface area contributed by atoms with Crippen molar-refractivity contribution in [2.24, 2.45) is 0 Å². The molecule has 0 unspecified atom stereocenters. The summed E-state index contributed by atoms with van der Waals surface area (Å²) in [5, 5.41) is 0. The maximum Gasteiger partial charge on any atom is 0.161 e. The third-order valence-corrected chi connectivity index (χ3v) is 2.14. The number of halogens is 3. The molecule has 1 rings (SSSR count). The molecule has 0 saturated carbocycles. The first-order valence-corrected chi connectivity index (χ1v) is 4.78. The summed E-state index contributed by atoms with van der Waals surface area (Å²) in [6, 6.07) is 1.55. The Morgan fingerprint density at radius 2 is 1.57 bits per heavy atom. The highest BCUT2D eigenvalue weighted by atomic mass is 19.2. The van der Waals surface area contributed by atoms with Crippen LogP contribution in [0.1, 0.15) is 31.7 Å². The Balaban J connectivity index is 2.72. The van der Waals surface area contributed by atoms with Crippen molar-refractivity contribution in [2.75, 3.05) is 0 Å². The van der Waals surface area contributed by atoms with Gasteiger partial charge in [0, 0.05) is 6.07 Å². The van der Waals surface area contributed by atoms with E-state index in [1.807, 2.05) is 6.92 Å². The van der Waals surface area contributed by atoms with E-state index < -0.39 is 17.5 Å². The average molecular weight is 202 g/mol. The lowest BCUT2D eigenvalue weighted by Crippen LogP contribution is -1.95. The molecule has 0 aliphatic carbocycles. The molecule has 3 heteroatoms. The Bertz CT molecular complexity index is 308. The van der Waals surface area contributed by atoms with Gasteiger partial charge in [0.1, 0.15) is 5.82 Å². The second-order valence-corrected chi connectivity index (χ2v) is 3.31. The minimum Gasteiger partial charge on any atom is -0.207 e. The molecule has 0 aliphatic heterocycles. The Morgan fingerprint density at radius 3 is 2.21 bits per heavy atom. The SMILES string of the molecule is CCCCCc1cc(F)c(F)cc1F. The van der Waals surface area contributed by atoms with Crippen LogP contribution in [-0.2, 0) is 6.42 Å². The molecule has 1 aromatic rings. The van der Waals surface area contributed by atoms with Gasteiger partial charge in [0.25, 0.3) is 0 Å². The second-order valence-electron chi connectivity index (χ2n) is 3.31. The fourth-order valence-corrected chi connectivity index (χ4v) is 1.32. The van der Waals surface area contributed by atoms with Crippen molar-refractivity contribution in [1.82, 2.24) is 0 Å². The molecule has 0 atom stereocenters. The van der Waals surface area contributed by atoms with Gasteiger partial charge >= 0.3 is 0 Å². The van der Waals surface area contributed by atoms with E-state index in [-0.39, 0.29) is 5.56 Å². The van der Waals surface area contributed by atoms with Crippen LogP contribution >= 0.6 is 0 Å². The molecule has 0 nitrogen and oxygen atoms in total. The minimum absolute atomic E-state index is 0.261. The predicted octanol–water partition coefficient (Wildman–Crippen LogP) is 3.84. The van der Waals surface area contributed by atoms with E-state index in [9.17, 15) is 13.2 Å². The van der Waals surface area contributed by atoms with Crippen LogP contribution in [-0.4, -0.2) is 0 Å². The summed E-state index contributed by atoms with van der Waals surface area (Å²) >= 11 is 0. The van der Waals surface area contributed by atoms with Gasteiger partial charge in [-0.15, -0.1) is 0 Å². The zero-order valence-electron chi connectivity index (χ0n) is 8.12. The van der Waals surface area contributed by atoms with Gasteiger partial charge in [0.05, 0.1) is 0 Å². The van der Waals surface area contributed by atoms with E-state index >= 15 is 0 Å². The van der Waals surface area contributed by atoms with Gasteiger partial charge in [-0.05, 0) is 24.5 Å². The lowest BCUT2D eigenvalue weighted by molar-refractivity contribution is 0.488. The molecule has 0 aromatic heterocycles. The molecule has 1 aromatic carbocycles. The van der Waals surface area contributed by atoms with E-state index in [1.54, 1.807) is 0 Å². The Kier molecular flexibility index (Phi) is 3.98. The fourth-order valence-electron chi connectivity index (χ4n) is 1.32. The number of hydrogen-bond donors (Lipinski definition) is 0. The summed E-state index contributed by atoms with van der Waals surface area (Å²) < 4.78 is 38.3. The minimum atomic E-state index is -1.12. The first kappa shape index (κ1) is 11.1. The maximum absolute atomic E-state index is 13.1. The summed E-state index contributed by atoms with van der Waals surface area (Å²) in [6.07, 6.45) is 3.26. The highest BCUT2D eigenvalue weighted by molar-refractivity contribution is 5.20. The molecular weight excluding hydrogens is 189 g/mol. The smallest absolute Gasteiger partial charge is 0.161 e. The molecule has 0 spiro atoms. The molecule has 78 valence electrons. The highest BCUT2D eigenvalue weighted by Gasteiger charge is 2.08. The average Bonchev–Trinajstić information content (AvgIpc) is 2.14. The highest BCUT2D eigenvalue weighted by Crippen LogP contribution is 2.16. The van der Waals surface area contributed by atoms with Crippen LogP contribution in [0.2, 0.25) is 0 Å². The Hall–Kier alpha value is -0.990. The van der Waals surface area contributed by atoms with Crippen LogP contribution in [0.4, 0.5) is 13.2 Å². The summed E-state index contributed by atoms with van der Waals surface area (Å²) in [5.41, 5.74) is 0.261. The third kappa shape index (κ3) is 2.76. The van der Waals surface area contributed by atoms with Crippen molar-refractivity contribution in [3.05, 3.63) is 35.1 Å². The monoisotopic (exact) mass is 202 g/mol. The first-order chi connectivity index (χ1) is 6.65. The second kappa shape index (κ2) is 5.03. The molecule has 0 heterocycles. The number of hydrogen-bond acceptors (Lipinski definition) is 0. The molecule has 0 bridgehead atoms. The normalized spacial score (nSPS) is 10.6. The van der Waals surface area contributed by atoms with E-state index in [1.165, 1.54) is 0 Å². The van der Waals surface area contributed by atoms with Crippen molar-refractivity contribution in [2.45, 2.75) is 32.6 Å². The molecule has 0 N–H and O–H groups in total. The number of rotatable bonds is 4. The van der Waals surface area contributed by atoms with Gasteiger partial charge < -0.3 is 0 Å². The number of unbranched alkanes of at least 4 members (excludes halogenated alkanes) is 2. The first-order valence-electron chi connectivity index (χ1n) is 4.78. The van der Waals surface area contributed by atoms with Crippen LogP contribution in [0.5, 0.6) is 0 Å². The van der Waals surface area contributed by atoms with Crippen LogP contribution in [0.3, 0.4) is 0 Å². The fraction of sp³-hybridized carbons (Fsp3) is 0.455. The van der Waals surface area contributed by atoms with Crippen LogP contribution in [0.25, 0.3) is 0 Å². The summed E-state index contributed by atoms with van der Waals surface area (Å²) in [4.78, 5) is 0. The summed E-state index contributed by atoms with van der Waals surface area (Å²) in [6.45, 7) is 2.03. The molecule has 0 radical (unpaired) electrons. The van der Waals surface area contributed by atoms with Gasteiger partial charge in [-0.25, -0.2) is 13.2 Å². The summed E-state index contributed by atoms with van der Waals surface area (Å²) in [5.74, 6) is -2.75. The van der Waals surface area contributed by atoms with Gasteiger partial charge in [-0.2, -0.15) is 0 Å². The van der Waals surface area contributed by atoms with Crippen molar-refractivity contribution < 1.29 is 13.2 Å². The van der Waals surface area contributed by atoms with Crippen molar-refractivity contribution in [1.29, 1.82) is 0 Å². The van der Waals surface area contributed by atoms with E-state index in [0.29, 0.717) is 12.5 Å². The third-order valence-electron chi connectivity index (χ3n) is 2.14. The lowest BCUT2D eigenvalue weighted by atomic mass is 10.1. The lowest BCUT2D eigenvalue weighted by Gasteiger charge is -2.03. The number of aryl methyl sites for hydroxylation is 1. The van der Waals surface area contributed by atoms with Gasteiger partial charge in [0.15, 0.2) is 11.6 Å². The Morgan fingerprint density at radius 1 is 0.929 bits per heavy atom. The molecule has 0 fully saturated rings. The maximum atomic E-state index is 13.1. The molecule has 0 saturated heterocycles. The topological polar surface area (TPSA) is 0 Å². The van der Waals surface area contributed by atoms with E-state index in [4.69, 9.17) is 0 Å². The van der Waals surface area contributed by atoms with Gasteiger partial charge in [0.2, 0.25) is 0 Å². The molecule has 0 aliphatic rings. The quantitative estimate of drug-likeness (QED) is 0.514. The zero-order chi connectivity index (χ0) is 10.6. The zero-order valence-corrected chi connectivity index (χ0v) is 8.12. The summed E-state index contributed by atoms with van der Waals surface area (Å²) in [7, 11) is 0. The molecule has 0 amide bonds. The number of benzene rings is 1. The van der Waals surface area contributed by atoms with Crippen molar-refractivity contribution >= 4 is 0 Å². The van der Waals surface area contributed by atoms with Crippen LogP contribution in [0.15, 0.2) is 12.1 Å². The van der Waals surface area contributed by atoms with Crippen LogP contribution in [0, 0.1) is 17.5 Å². The van der Waals surface area contributed by atoms with Crippen molar-refractivity contribution in [3.63, 3.8) is 0 Å². The van der Waals surface area contributed by atoms with Crippen LogP contribution < -0.4 is 0 Å². The largest absolute Gasteiger partial charge is 0.207 e. The van der Waals surface area contributed by atoms with Crippen molar-refractivity contribution in [3.8, 4) is 0 Å². The molecular formula is C11H13F3. The Labute approximate surface area is 81.8 Å². The van der Waals surface area contributed by atoms with Gasteiger partial charge in [-0.3, -0.25) is 0 Å². The standard InChI is InChI=1S/C11H13F3/c1-2-3-4-5-8-6-10(13)11(14)7-9(8)12/h6-7H,2-5H2,1H3.